The summed E-state index contributed by atoms with van der Waals surface area (Å²) in [5.74, 6) is 0. The second kappa shape index (κ2) is 31.0. The van der Waals surface area contributed by atoms with Crippen LogP contribution in [0, 0.1) is 0 Å². The lowest BCUT2D eigenvalue weighted by Gasteiger charge is -2.18. The van der Waals surface area contributed by atoms with Crippen LogP contribution in [0.5, 0.6) is 0 Å². The molecule has 0 radical (unpaired) electrons. The Labute approximate surface area is 216 Å². The second-order valence-corrected chi connectivity index (χ2v) is 10.8. The highest BCUT2D eigenvalue weighted by atomic mass is 16.5. The van der Waals surface area contributed by atoms with Crippen molar-refractivity contribution in [2.24, 2.45) is 0 Å². The minimum Gasteiger partial charge on any atom is -0.379 e. The fraction of sp³-hybridized carbons (Fsp3) is 1.00. The molecule has 206 valence electrons. The third-order valence-corrected chi connectivity index (χ3v) is 7.18. The van der Waals surface area contributed by atoms with Gasteiger partial charge in [-0.05, 0) is 19.3 Å². The highest BCUT2D eigenvalue weighted by Crippen LogP contribution is 2.14. The quantitative estimate of drug-likeness (QED) is 0.0947. The van der Waals surface area contributed by atoms with E-state index >= 15 is 0 Å². The summed E-state index contributed by atoms with van der Waals surface area (Å²) in [7, 11) is 0. The standard InChI is InChI=1S/C32H66O2/c1-4-7-10-13-16-19-22-25-28-32(34-30-27-24-21-18-15-12-9-6-3)31-33-29-26-23-20-17-14-11-8-5-2/h32H,4-31H2,1-3H3. The van der Waals surface area contributed by atoms with Crippen molar-refractivity contribution in [3.8, 4) is 0 Å². The van der Waals surface area contributed by atoms with E-state index in [1.165, 1.54) is 161 Å². The van der Waals surface area contributed by atoms with Gasteiger partial charge >= 0.3 is 0 Å². The van der Waals surface area contributed by atoms with Gasteiger partial charge in [0.25, 0.3) is 0 Å². The molecule has 0 amide bonds. The second-order valence-electron chi connectivity index (χ2n) is 10.8. The Bertz CT molecular complexity index is 344. The predicted molar refractivity (Wildman–Crippen MR) is 153 cm³/mol. The molecule has 0 N–H and O–H groups in total. The zero-order valence-corrected chi connectivity index (χ0v) is 24.2. The van der Waals surface area contributed by atoms with Crippen LogP contribution in [0.2, 0.25) is 0 Å². The molecule has 0 bridgehead atoms. The molecule has 0 aromatic rings. The molecule has 0 aromatic carbocycles. The first-order valence-corrected chi connectivity index (χ1v) is 16.0. The Balaban J connectivity index is 3.84. The van der Waals surface area contributed by atoms with Gasteiger partial charge in [-0.3, -0.25) is 0 Å². The number of hydrogen-bond donors (Lipinski definition) is 0. The molecule has 0 aliphatic rings. The van der Waals surface area contributed by atoms with Crippen molar-refractivity contribution in [2.75, 3.05) is 19.8 Å². The highest BCUT2D eigenvalue weighted by Gasteiger charge is 2.09. The molecule has 1 atom stereocenters. The number of hydrogen-bond acceptors (Lipinski definition) is 2. The van der Waals surface area contributed by atoms with Crippen LogP contribution >= 0.6 is 0 Å². The van der Waals surface area contributed by atoms with Crippen LogP contribution in [0.25, 0.3) is 0 Å². The average Bonchev–Trinajstić information content (AvgIpc) is 2.85. The van der Waals surface area contributed by atoms with Crippen molar-refractivity contribution >= 4 is 0 Å². The molecule has 0 aromatic heterocycles. The molecule has 0 spiro atoms. The lowest BCUT2D eigenvalue weighted by atomic mass is 10.1. The molecular formula is C32H66O2. The Morgan fingerprint density at radius 1 is 0.382 bits per heavy atom. The van der Waals surface area contributed by atoms with E-state index in [1.807, 2.05) is 0 Å². The summed E-state index contributed by atoms with van der Waals surface area (Å²) in [5.41, 5.74) is 0. The largest absolute Gasteiger partial charge is 0.379 e. The van der Waals surface area contributed by atoms with Gasteiger partial charge in [0.1, 0.15) is 0 Å². The summed E-state index contributed by atoms with van der Waals surface area (Å²) in [4.78, 5) is 0. The Morgan fingerprint density at radius 3 is 1.18 bits per heavy atom. The van der Waals surface area contributed by atoms with Crippen LogP contribution in [-0.2, 0) is 9.47 Å². The van der Waals surface area contributed by atoms with Crippen LogP contribution in [0.1, 0.15) is 181 Å². The van der Waals surface area contributed by atoms with E-state index in [9.17, 15) is 0 Å². The first kappa shape index (κ1) is 33.9. The first-order chi connectivity index (χ1) is 16.8. The van der Waals surface area contributed by atoms with Crippen molar-refractivity contribution < 1.29 is 9.47 Å². The molecule has 0 heterocycles. The van der Waals surface area contributed by atoms with Crippen molar-refractivity contribution in [3.63, 3.8) is 0 Å². The Kier molecular flexibility index (Phi) is 30.9. The highest BCUT2D eigenvalue weighted by molar-refractivity contribution is 4.59. The molecule has 0 fully saturated rings. The summed E-state index contributed by atoms with van der Waals surface area (Å²) < 4.78 is 12.4. The smallest absolute Gasteiger partial charge is 0.0808 e. The van der Waals surface area contributed by atoms with Crippen LogP contribution < -0.4 is 0 Å². The number of rotatable bonds is 30. The van der Waals surface area contributed by atoms with Gasteiger partial charge < -0.3 is 9.47 Å². The maximum Gasteiger partial charge on any atom is 0.0808 e. The minimum absolute atomic E-state index is 0.318. The van der Waals surface area contributed by atoms with E-state index in [4.69, 9.17) is 9.47 Å². The lowest BCUT2D eigenvalue weighted by molar-refractivity contribution is -0.0235. The molecular weight excluding hydrogens is 416 g/mol. The van der Waals surface area contributed by atoms with Gasteiger partial charge in [0, 0.05) is 13.2 Å². The lowest BCUT2D eigenvalue weighted by Crippen LogP contribution is -2.21. The van der Waals surface area contributed by atoms with E-state index in [2.05, 4.69) is 20.8 Å². The summed E-state index contributed by atoms with van der Waals surface area (Å²) >= 11 is 0. The Hall–Kier alpha value is -0.0800. The van der Waals surface area contributed by atoms with Crippen molar-refractivity contribution in [2.45, 2.75) is 187 Å². The SMILES string of the molecule is CCCCCCCCCCOCC(CCCCCCCCCC)OCCCCCCCCCC. The van der Waals surface area contributed by atoms with Gasteiger partial charge in [0.05, 0.1) is 12.7 Å². The molecule has 0 saturated carbocycles. The minimum atomic E-state index is 0.318. The normalized spacial score (nSPS) is 12.4. The Morgan fingerprint density at radius 2 is 0.735 bits per heavy atom. The summed E-state index contributed by atoms with van der Waals surface area (Å²) in [6.45, 7) is 9.54. The van der Waals surface area contributed by atoms with E-state index in [0.717, 1.165) is 19.8 Å². The van der Waals surface area contributed by atoms with E-state index in [0.29, 0.717) is 6.10 Å². The van der Waals surface area contributed by atoms with Crippen molar-refractivity contribution in [3.05, 3.63) is 0 Å². The van der Waals surface area contributed by atoms with Crippen molar-refractivity contribution in [1.29, 1.82) is 0 Å². The fourth-order valence-electron chi connectivity index (χ4n) is 4.76. The molecule has 0 saturated heterocycles. The van der Waals surface area contributed by atoms with Gasteiger partial charge in [-0.2, -0.15) is 0 Å². The van der Waals surface area contributed by atoms with Crippen LogP contribution in [0.15, 0.2) is 0 Å². The van der Waals surface area contributed by atoms with Gasteiger partial charge in [0.15, 0.2) is 0 Å². The molecule has 0 rings (SSSR count). The monoisotopic (exact) mass is 483 g/mol. The molecule has 34 heavy (non-hydrogen) atoms. The zero-order valence-electron chi connectivity index (χ0n) is 24.2. The third-order valence-electron chi connectivity index (χ3n) is 7.18. The van der Waals surface area contributed by atoms with Gasteiger partial charge in [0.2, 0.25) is 0 Å². The van der Waals surface area contributed by atoms with E-state index in [1.54, 1.807) is 0 Å². The van der Waals surface area contributed by atoms with E-state index in [-0.39, 0.29) is 0 Å². The van der Waals surface area contributed by atoms with Crippen molar-refractivity contribution in [1.82, 2.24) is 0 Å². The van der Waals surface area contributed by atoms with Gasteiger partial charge in [-0.25, -0.2) is 0 Å². The molecule has 0 aliphatic heterocycles. The average molecular weight is 483 g/mol. The van der Waals surface area contributed by atoms with E-state index < -0.39 is 0 Å². The number of ether oxygens (including phenoxy) is 2. The zero-order chi connectivity index (χ0) is 24.8. The van der Waals surface area contributed by atoms with Crippen LogP contribution in [-0.4, -0.2) is 25.9 Å². The summed E-state index contributed by atoms with van der Waals surface area (Å²) in [6, 6.07) is 0. The van der Waals surface area contributed by atoms with Crippen LogP contribution in [0.3, 0.4) is 0 Å². The maximum atomic E-state index is 6.30. The first-order valence-electron chi connectivity index (χ1n) is 16.0. The summed E-state index contributed by atoms with van der Waals surface area (Å²) in [5, 5.41) is 0. The van der Waals surface area contributed by atoms with Gasteiger partial charge in [-0.15, -0.1) is 0 Å². The predicted octanol–water partition coefficient (Wildman–Crippen LogP) is 11.2. The number of unbranched alkanes of at least 4 members (excludes halogenated alkanes) is 21. The van der Waals surface area contributed by atoms with Gasteiger partial charge in [-0.1, -0.05) is 162 Å². The fourth-order valence-corrected chi connectivity index (χ4v) is 4.76. The molecule has 2 heteroatoms. The maximum absolute atomic E-state index is 6.30. The molecule has 1 unspecified atom stereocenters. The molecule has 2 nitrogen and oxygen atoms in total. The third kappa shape index (κ3) is 28.2. The molecule has 0 aliphatic carbocycles. The van der Waals surface area contributed by atoms with Crippen LogP contribution in [0.4, 0.5) is 0 Å². The summed E-state index contributed by atoms with van der Waals surface area (Å²) in [6.07, 6.45) is 34.4. The topological polar surface area (TPSA) is 18.5 Å².